The van der Waals surface area contributed by atoms with E-state index in [0.717, 1.165) is 0 Å². The van der Waals surface area contributed by atoms with Crippen molar-refractivity contribution in [3.8, 4) is 0 Å². The van der Waals surface area contributed by atoms with Crippen LogP contribution in [0.4, 0.5) is 0 Å². The fraction of sp³-hybridized carbons (Fsp3) is 0.333. The number of aryl methyl sites for hydroxylation is 2. The van der Waals surface area contributed by atoms with E-state index in [9.17, 15) is 13.2 Å². The minimum absolute atomic E-state index is 0.0211. The highest BCUT2D eigenvalue weighted by atomic mass is 32.2. The lowest BCUT2D eigenvalue weighted by molar-refractivity contribution is 0.0949. The number of rotatable bonds is 6. The number of sulfonamides is 1. The van der Waals surface area contributed by atoms with Gasteiger partial charge in [0, 0.05) is 25.5 Å². The van der Waals surface area contributed by atoms with Crippen LogP contribution in [0.2, 0.25) is 0 Å². The van der Waals surface area contributed by atoms with Gasteiger partial charge in [-0.2, -0.15) is 0 Å². The third-order valence-electron chi connectivity index (χ3n) is 2.74. The molecule has 0 radical (unpaired) electrons. The van der Waals surface area contributed by atoms with E-state index in [4.69, 9.17) is 4.52 Å². The smallest absolute Gasteiger partial charge is 0.271 e. The molecular weight excluding hydrogens is 310 g/mol. The first-order valence-corrected chi connectivity index (χ1v) is 7.87. The van der Waals surface area contributed by atoms with E-state index >= 15 is 0 Å². The summed E-state index contributed by atoms with van der Waals surface area (Å²) < 4.78 is 31.4. The minimum atomic E-state index is -3.73. The van der Waals surface area contributed by atoms with Gasteiger partial charge in [0.15, 0.2) is 5.76 Å². The Labute approximate surface area is 127 Å². The molecule has 10 heteroatoms. The van der Waals surface area contributed by atoms with Crippen LogP contribution in [0.5, 0.6) is 0 Å². The maximum Gasteiger partial charge on any atom is 0.271 e. The summed E-state index contributed by atoms with van der Waals surface area (Å²) in [5.74, 6) is -0.210. The molecule has 2 aromatic rings. The van der Waals surface area contributed by atoms with Crippen molar-refractivity contribution in [1.29, 1.82) is 0 Å². The largest absolute Gasteiger partial charge is 0.360 e. The highest BCUT2D eigenvalue weighted by Crippen LogP contribution is 2.17. The van der Waals surface area contributed by atoms with Crippen LogP contribution in [0.15, 0.2) is 28.0 Å². The standard InChI is InChI=1S/C12H15N5O4S/c1-8-11(9(2)21-17-8)22(19,20)16-6-5-15-12(18)10-7-13-3-4-14-10/h3-4,7,16H,5-6H2,1-2H3,(H,15,18). The molecule has 0 fully saturated rings. The molecule has 0 aromatic carbocycles. The predicted octanol–water partition coefficient (Wildman–Crippen LogP) is -0.210. The minimum Gasteiger partial charge on any atom is -0.360 e. The number of amides is 1. The van der Waals surface area contributed by atoms with Crippen LogP contribution in [0.25, 0.3) is 0 Å². The Morgan fingerprint density at radius 1 is 1.27 bits per heavy atom. The molecule has 2 rings (SSSR count). The molecule has 0 atom stereocenters. The number of hydrogen-bond donors (Lipinski definition) is 2. The Bertz CT molecular complexity index is 738. The number of carbonyl (C=O) groups excluding carboxylic acids is 1. The Balaban J connectivity index is 1.88. The van der Waals surface area contributed by atoms with E-state index in [1.54, 1.807) is 6.92 Å². The molecule has 0 bridgehead atoms. The third-order valence-corrected chi connectivity index (χ3v) is 4.44. The number of nitrogens with one attached hydrogen (secondary N) is 2. The molecule has 1 amide bonds. The van der Waals surface area contributed by atoms with Crippen LogP contribution in [0, 0.1) is 13.8 Å². The van der Waals surface area contributed by atoms with Crippen molar-refractivity contribution in [2.75, 3.05) is 13.1 Å². The summed E-state index contributed by atoms with van der Waals surface area (Å²) in [5.41, 5.74) is 0.449. The van der Waals surface area contributed by atoms with Crippen molar-refractivity contribution in [3.63, 3.8) is 0 Å². The second-order valence-corrected chi connectivity index (χ2v) is 6.10. The third kappa shape index (κ3) is 3.65. The first-order valence-electron chi connectivity index (χ1n) is 6.38. The summed E-state index contributed by atoms with van der Waals surface area (Å²) in [5, 5.41) is 6.14. The van der Waals surface area contributed by atoms with Gasteiger partial charge in [-0.15, -0.1) is 0 Å². The summed E-state index contributed by atoms with van der Waals surface area (Å²) in [6.45, 7) is 3.20. The second-order valence-electron chi connectivity index (χ2n) is 4.40. The lowest BCUT2D eigenvalue weighted by Gasteiger charge is -2.07. The highest BCUT2D eigenvalue weighted by molar-refractivity contribution is 7.89. The van der Waals surface area contributed by atoms with Crippen molar-refractivity contribution in [1.82, 2.24) is 25.2 Å². The molecular formula is C12H15N5O4S. The monoisotopic (exact) mass is 325 g/mol. The molecule has 0 saturated carbocycles. The lowest BCUT2D eigenvalue weighted by Crippen LogP contribution is -2.35. The molecule has 2 aromatic heterocycles. The first kappa shape index (κ1) is 16.0. The maximum atomic E-state index is 12.1. The van der Waals surface area contributed by atoms with Crippen molar-refractivity contribution < 1.29 is 17.7 Å². The summed E-state index contributed by atoms with van der Waals surface area (Å²) in [7, 11) is -3.73. The van der Waals surface area contributed by atoms with E-state index < -0.39 is 15.9 Å². The average molecular weight is 325 g/mol. The van der Waals surface area contributed by atoms with E-state index in [2.05, 4.69) is 25.2 Å². The molecule has 9 nitrogen and oxygen atoms in total. The number of hydrogen-bond acceptors (Lipinski definition) is 7. The molecule has 0 unspecified atom stereocenters. The molecule has 2 N–H and O–H groups in total. The quantitative estimate of drug-likeness (QED) is 0.703. The fourth-order valence-corrected chi connectivity index (χ4v) is 3.16. The maximum absolute atomic E-state index is 12.1. The molecule has 2 heterocycles. The van der Waals surface area contributed by atoms with Crippen LogP contribution in [0.1, 0.15) is 21.9 Å². The van der Waals surface area contributed by atoms with Gasteiger partial charge in [-0.3, -0.25) is 9.78 Å². The second kappa shape index (κ2) is 6.62. The first-order chi connectivity index (χ1) is 10.4. The van der Waals surface area contributed by atoms with Gasteiger partial charge in [-0.05, 0) is 13.8 Å². The summed E-state index contributed by atoms with van der Waals surface area (Å²) in [4.78, 5) is 19.3. The molecule has 0 saturated heterocycles. The Kier molecular flexibility index (Phi) is 4.83. The van der Waals surface area contributed by atoms with Crippen molar-refractivity contribution in [2.45, 2.75) is 18.7 Å². The summed E-state index contributed by atoms with van der Waals surface area (Å²) in [6.07, 6.45) is 4.17. The van der Waals surface area contributed by atoms with E-state index in [1.807, 2.05) is 0 Å². The van der Waals surface area contributed by atoms with E-state index in [1.165, 1.54) is 25.5 Å². The molecule has 0 aliphatic rings. The van der Waals surface area contributed by atoms with Crippen molar-refractivity contribution in [2.24, 2.45) is 0 Å². The Morgan fingerprint density at radius 2 is 2.05 bits per heavy atom. The normalized spacial score (nSPS) is 11.4. The number of aromatic nitrogens is 3. The molecule has 0 aliphatic carbocycles. The van der Waals surface area contributed by atoms with Gasteiger partial charge in [0.05, 0.1) is 6.20 Å². The fourth-order valence-electron chi connectivity index (χ4n) is 1.80. The van der Waals surface area contributed by atoms with Gasteiger partial charge in [0.25, 0.3) is 5.91 Å². The van der Waals surface area contributed by atoms with Gasteiger partial charge >= 0.3 is 0 Å². The average Bonchev–Trinajstić information content (AvgIpc) is 2.84. The van der Waals surface area contributed by atoms with Crippen LogP contribution < -0.4 is 10.0 Å². The van der Waals surface area contributed by atoms with Gasteiger partial charge in [-0.1, -0.05) is 5.16 Å². The zero-order chi connectivity index (χ0) is 16.2. The molecule has 0 spiro atoms. The lowest BCUT2D eigenvalue weighted by atomic mass is 10.4. The molecule has 22 heavy (non-hydrogen) atoms. The van der Waals surface area contributed by atoms with Crippen molar-refractivity contribution in [3.05, 3.63) is 35.7 Å². The van der Waals surface area contributed by atoms with E-state index in [-0.39, 0.29) is 35.1 Å². The number of carbonyl (C=O) groups is 1. The zero-order valence-electron chi connectivity index (χ0n) is 12.0. The molecule has 118 valence electrons. The summed E-state index contributed by atoms with van der Waals surface area (Å²) >= 11 is 0. The van der Waals surface area contributed by atoms with Crippen LogP contribution >= 0.6 is 0 Å². The van der Waals surface area contributed by atoms with E-state index in [0.29, 0.717) is 0 Å². The van der Waals surface area contributed by atoms with Crippen LogP contribution in [0.3, 0.4) is 0 Å². The van der Waals surface area contributed by atoms with Gasteiger partial charge < -0.3 is 9.84 Å². The van der Waals surface area contributed by atoms with Crippen LogP contribution in [-0.2, 0) is 10.0 Å². The Hall–Kier alpha value is -2.33. The zero-order valence-corrected chi connectivity index (χ0v) is 12.8. The van der Waals surface area contributed by atoms with Crippen molar-refractivity contribution >= 4 is 15.9 Å². The Morgan fingerprint density at radius 3 is 2.64 bits per heavy atom. The topological polar surface area (TPSA) is 127 Å². The van der Waals surface area contributed by atoms with Crippen LogP contribution in [-0.4, -0.2) is 42.5 Å². The molecule has 0 aliphatic heterocycles. The van der Waals surface area contributed by atoms with Gasteiger partial charge in [0.2, 0.25) is 10.0 Å². The van der Waals surface area contributed by atoms with Gasteiger partial charge in [-0.25, -0.2) is 18.1 Å². The van der Waals surface area contributed by atoms with Gasteiger partial charge in [0.1, 0.15) is 16.3 Å². The SMILES string of the molecule is Cc1noc(C)c1S(=O)(=O)NCCNC(=O)c1cnccn1. The predicted molar refractivity (Wildman–Crippen MR) is 75.5 cm³/mol. The number of nitrogens with zero attached hydrogens (tertiary/aromatic N) is 3. The summed E-state index contributed by atoms with van der Waals surface area (Å²) in [6, 6.07) is 0. The highest BCUT2D eigenvalue weighted by Gasteiger charge is 2.23.